The van der Waals surface area contributed by atoms with Crippen molar-refractivity contribution in [1.82, 2.24) is 5.32 Å². The lowest BCUT2D eigenvalue weighted by Gasteiger charge is -2.03. The first-order valence-corrected chi connectivity index (χ1v) is 6.31. The highest BCUT2D eigenvalue weighted by atomic mass is 79.9. The molecule has 0 aliphatic rings. The van der Waals surface area contributed by atoms with Gasteiger partial charge in [0.15, 0.2) is 0 Å². The predicted octanol–water partition coefficient (Wildman–Crippen LogP) is 2.46. The van der Waals surface area contributed by atoms with Gasteiger partial charge in [-0.05, 0) is 18.2 Å². The number of halogens is 2. The molecular weight excluding hydrogens is 336 g/mol. The molecule has 0 unspecified atom stereocenters. The SMILES string of the molecule is NC/C=C/CNC(=O)c1cc(Br)cc(Br)c1. The van der Waals surface area contributed by atoms with Crippen molar-refractivity contribution in [3.05, 3.63) is 44.9 Å². The van der Waals surface area contributed by atoms with Crippen LogP contribution >= 0.6 is 31.9 Å². The van der Waals surface area contributed by atoms with Gasteiger partial charge in [-0.25, -0.2) is 0 Å². The van der Waals surface area contributed by atoms with Crippen LogP contribution in [0.1, 0.15) is 10.4 Å². The van der Waals surface area contributed by atoms with Gasteiger partial charge in [0.1, 0.15) is 0 Å². The van der Waals surface area contributed by atoms with Crippen molar-refractivity contribution in [2.45, 2.75) is 0 Å². The third-order valence-electron chi connectivity index (χ3n) is 1.81. The molecule has 0 spiro atoms. The van der Waals surface area contributed by atoms with Crippen LogP contribution in [0.25, 0.3) is 0 Å². The lowest BCUT2D eigenvalue weighted by molar-refractivity contribution is 0.0958. The second kappa shape index (κ2) is 6.83. The maximum atomic E-state index is 11.7. The Morgan fingerprint density at radius 1 is 1.25 bits per heavy atom. The van der Waals surface area contributed by atoms with Crippen molar-refractivity contribution in [3.63, 3.8) is 0 Å². The van der Waals surface area contributed by atoms with Crippen LogP contribution < -0.4 is 11.1 Å². The summed E-state index contributed by atoms with van der Waals surface area (Å²) < 4.78 is 1.73. The maximum Gasteiger partial charge on any atom is 0.251 e. The second-order valence-corrected chi connectivity index (χ2v) is 4.91. The van der Waals surface area contributed by atoms with E-state index in [4.69, 9.17) is 5.73 Å². The van der Waals surface area contributed by atoms with Crippen molar-refractivity contribution >= 4 is 37.8 Å². The molecule has 0 bridgehead atoms. The van der Waals surface area contributed by atoms with E-state index in [1.807, 2.05) is 12.1 Å². The van der Waals surface area contributed by atoms with Gasteiger partial charge < -0.3 is 11.1 Å². The van der Waals surface area contributed by atoms with Crippen LogP contribution in [-0.2, 0) is 0 Å². The topological polar surface area (TPSA) is 55.1 Å². The third kappa shape index (κ3) is 4.47. The zero-order chi connectivity index (χ0) is 12.0. The lowest BCUT2D eigenvalue weighted by atomic mass is 10.2. The second-order valence-electron chi connectivity index (χ2n) is 3.08. The van der Waals surface area contributed by atoms with Crippen LogP contribution in [0.3, 0.4) is 0 Å². The molecule has 0 saturated heterocycles. The van der Waals surface area contributed by atoms with E-state index < -0.39 is 0 Å². The minimum absolute atomic E-state index is 0.108. The largest absolute Gasteiger partial charge is 0.349 e. The molecule has 0 aliphatic carbocycles. The first-order chi connectivity index (χ1) is 7.63. The van der Waals surface area contributed by atoms with Crippen LogP contribution in [0, 0.1) is 0 Å². The van der Waals surface area contributed by atoms with Gasteiger partial charge in [-0.2, -0.15) is 0 Å². The molecule has 0 radical (unpaired) electrons. The van der Waals surface area contributed by atoms with Crippen LogP contribution in [-0.4, -0.2) is 19.0 Å². The molecule has 0 heterocycles. The van der Waals surface area contributed by atoms with E-state index in [0.717, 1.165) is 8.95 Å². The Labute approximate surface area is 111 Å². The van der Waals surface area contributed by atoms with E-state index in [2.05, 4.69) is 37.2 Å². The maximum absolute atomic E-state index is 11.7. The number of carbonyl (C=O) groups excluding carboxylic acids is 1. The van der Waals surface area contributed by atoms with Gasteiger partial charge in [-0.1, -0.05) is 44.0 Å². The number of hydrogen-bond donors (Lipinski definition) is 2. The molecule has 3 N–H and O–H groups in total. The highest BCUT2D eigenvalue weighted by Crippen LogP contribution is 2.19. The number of nitrogens with one attached hydrogen (secondary N) is 1. The summed E-state index contributed by atoms with van der Waals surface area (Å²) >= 11 is 6.67. The van der Waals surface area contributed by atoms with Gasteiger partial charge in [0.2, 0.25) is 0 Å². The molecule has 1 aromatic rings. The molecule has 0 saturated carbocycles. The van der Waals surface area contributed by atoms with Crippen molar-refractivity contribution in [3.8, 4) is 0 Å². The molecule has 3 nitrogen and oxygen atoms in total. The lowest BCUT2D eigenvalue weighted by Crippen LogP contribution is -2.23. The third-order valence-corrected chi connectivity index (χ3v) is 2.72. The number of carbonyl (C=O) groups is 1. The Balaban J connectivity index is 2.62. The Morgan fingerprint density at radius 2 is 1.88 bits per heavy atom. The van der Waals surface area contributed by atoms with E-state index in [0.29, 0.717) is 18.7 Å². The molecule has 5 heteroatoms. The fourth-order valence-corrected chi connectivity index (χ4v) is 2.41. The summed E-state index contributed by atoms with van der Waals surface area (Å²) in [5, 5.41) is 2.77. The Morgan fingerprint density at radius 3 is 2.44 bits per heavy atom. The van der Waals surface area contributed by atoms with Gasteiger partial charge >= 0.3 is 0 Å². The van der Waals surface area contributed by atoms with E-state index >= 15 is 0 Å². The van der Waals surface area contributed by atoms with Gasteiger partial charge in [-0.3, -0.25) is 4.79 Å². The number of benzene rings is 1. The van der Waals surface area contributed by atoms with Crippen molar-refractivity contribution in [2.24, 2.45) is 5.73 Å². The zero-order valence-corrected chi connectivity index (χ0v) is 11.7. The average molecular weight is 348 g/mol. The summed E-state index contributed by atoms with van der Waals surface area (Å²) in [5.74, 6) is -0.108. The van der Waals surface area contributed by atoms with E-state index in [9.17, 15) is 4.79 Å². The number of nitrogens with two attached hydrogens (primary N) is 1. The highest BCUT2D eigenvalue weighted by molar-refractivity contribution is 9.11. The quantitative estimate of drug-likeness (QED) is 0.822. The average Bonchev–Trinajstić information content (AvgIpc) is 2.22. The molecule has 1 amide bonds. The normalized spacial score (nSPS) is 10.7. The number of amides is 1. The van der Waals surface area contributed by atoms with Gasteiger partial charge in [-0.15, -0.1) is 0 Å². The van der Waals surface area contributed by atoms with Gasteiger partial charge in [0.25, 0.3) is 5.91 Å². The van der Waals surface area contributed by atoms with Gasteiger partial charge in [0.05, 0.1) is 0 Å². The van der Waals surface area contributed by atoms with Crippen LogP contribution in [0.2, 0.25) is 0 Å². The summed E-state index contributed by atoms with van der Waals surface area (Å²) in [4.78, 5) is 11.7. The van der Waals surface area contributed by atoms with Gasteiger partial charge in [0, 0.05) is 27.6 Å². The molecule has 1 aromatic carbocycles. The van der Waals surface area contributed by atoms with Crippen LogP contribution in [0.4, 0.5) is 0 Å². The van der Waals surface area contributed by atoms with Crippen molar-refractivity contribution < 1.29 is 4.79 Å². The fourth-order valence-electron chi connectivity index (χ4n) is 1.12. The number of hydrogen-bond acceptors (Lipinski definition) is 2. The minimum atomic E-state index is -0.108. The van der Waals surface area contributed by atoms with Crippen molar-refractivity contribution in [1.29, 1.82) is 0 Å². The first-order valence-electron chi connectivity index (χ1n) is 4.73. The summed E-state index contributed by atoms with van der Waals surface area (Å²) in [6.45, 7) is 0.971. The summed E-state index contributed by atoms with van der Waals surface area (Å²) in [6, 6.07) is 5.42. The fraction of sp³-hybridized carbons (Fsp3) is 0.182. The Hall–Kier alpha value is -0.650. The standard InChI is InChI=1S/C11H12Br2N2O/c12-9-5-8(6-10(13)7-9)11(16)15-4-2-1-3-14/h1-2,5-7H,3-4,14H2,(H,15,16)/b2-1+. The highest BCUT2D eigenvalue weighted by Gasteiger charge is 2.05. The summed E-state index contributed by atoms with van der Waals surface area (Å²) in [6.07, 6.45) is 3.63. The molecular formula is C11H12Br2N2O. The van der Waals surface area contributed by atoms with Crippen molar-refractivity contribution in [2.75, 3.05) is 13.1 Å². The Bertz CT molecular complexity index is 385. The monoisotopic (exact) mass is 346 g/mol. The van der Waals surface area contributed by atoms with Crippen LogP contribution in [0.5, 0.6) is 0 Å². The molecule has 0 aromatic heterocycles. The molecule has 0 aliphatic heterocycles. The predicted molar refractivity (Wildman–Crippen MR) is 72.4 cm³/mol. The number of rotatable bonds is 4. The van der Waals surface area contributed by atoms with E-state index in [1.165, 1.54) is 0 Å². The van der Waals surface area contributed by atoms with Crippen LogP contribution in [0.15, 0.2) is 39.3 Å². The molecule has 86 valence electrons. The molecule has 0 atom stereocenters. The van der Waals surface area contributed by atoms with E-state index in [-0.39, 0.29) is 5.91 Å². The minimum Gasteiger partial charge on any atom is -0.349 e. The molecule has 1 rings (SSSR count). The molecule has 0 fully saturated rings. The summed E-state index contributed by atoms with van der Waals surface area (Å²) in [5.41, 5.74) is 5.90. The zero-order valence-electron chi connectivity index (χ0n) is 8.54. The molecule has 16 heavy (non-hydrogen) atoms. The smallest absolute Gasteiger partial charge is 0.251 e. The van der Waals surface area contributed by atoms with E-state index in [1.54, 1.807) is 18.2 Å². The first kappa shape index (κ1) is 13.4. The summed E-state index contributed by atoms with van der Waals surface area (Å²) in [7, 11) is 0. The Kier molecular flexibility index (Phi) is 5.73.